The predicted octanol–water partition coefficient (Wildman–Crippen LogP) is 3.84. The molecule has 26 heavy (non-hydrogen) atoms. The summed E-state index contributed by atoms with van der Waals surface area (Å²) < 4.78 is 10.6. The number of nitriles is 1. The first-order chi connectivity index (χ1) is 12.3. The lowest BCUT2D eigenvalue weighted by Crippen LogP contribution is -2.31. The van der Waals surface area contributed by atoms with Crippen LogP contribution in [0.5, 0.6) is 5.75 Å². The smallest absolute Gasteiger partial charge is 0.344 e. The number of benzene rings is 1. The van der Waals surface area contributed by atoms with Gasteiger partial charge in [-0.25, -0.2) is 4.79 Å². The van der Waals surface area contributed by atoms with Crippen LogP contribution in [-0.4, -0.2) is 24.6 Å². The molecular weight excluding hydrogens is 376 g/mol. The van der Waals surface area contributed by atoms with Gasteiger partial charge in [-0.15, -0.1) is 11.3 Å². The maximum absolute atomic E-state index is 12.1. The highest BCUT2D eigenvalue weighted by molar-refractivity contribution is 7.14. The van der Waals surface area contributed by atoms with Crippen molar-refractivity contribution in [2.75, 3.05) is 11.9 Å². The highest BCUT2D eigenvalue weighted by atomic mass is 35.5. The number of rotatable bonds is 6. The average Bonchev–Trinajstić information content (AvgIpc) is 3.00. The van der Waals surface area contributed by atoms with Crippen molar-refractivity contribution >= 4 is 39.8 Å². The number of esters is 1. The van der Waals surface area contributed by atoms with Crippen LogP contribution in [0, 0.1) is 25.2 Å². The second-order valence-corrected chi connectivity index (χ2v) is 6.91. The molecule has 0 saturated carbocycles. The van der Waals surface area contributed by atoms with Crippen molar-refractivity contribution < 1.29 is 19.1 Å². The summed E-state index contributed by atoms with van der Waals surface area (Å²) in [5, 5.41) is 14.2. The molecule has 0 bridgehead atoms. The zero-order chi connectivity index (χ0) is 19.3. The molecule has 0 radical (unpaired) electrons. The van der Waals surface area contributed by atoms with Crippen molar-refractivity contribution in [1.29, 1.82) is 5.26 Å². The molecule has 1 aromatic carbocycles. The van der Waals surface area contributed by atoms with Gasteiger partial charge in [0.2, 0.25) is 0 Å². The molecule has 0 aliphatic carbocycles. The number of hydrogen-bond acceptors (Lipinski definition) is 6. The standard InChI is InChI=1S/C18H17ClN2O4S/c1-10-6-14(19)7-11(2)16(10)24-9-15(22)25-12(3)17(23)21-18-13(8-20)4-5-26-18/h4-7,12H,9H2,1-3H3,(H,21,23)/t12-/m1/s1. The Balaban J connectivity index is 1.89. The molecule has 2 aromatic rings. The molecule has 0 saturated heterocycles. The molecule has 1 atom stereocenters. The average molecular weight is 393 g/mol. The summed E-state index contributed by atoms with van der Waals surface area (Å²) in [7, 11) is 0. The number of carbonyl (C=O) groups is 2. The minimum absolute atomic E-state index is 0.330. The Morgan fingerprint density at radius 1 is 1.35 bits per heavy atom. The normalized spacial score (nSPS) is 11.3. The van der Waals surface area contributed by atoms with Gasteiger partial charge in [-0.1, -0.05) is 11.6 Å². The fraction of sp³-hybridized carbons (Fsp3) is 0.278. The van der Waals surface area contributed by atoms with Crippen LogP contribution in [0.1, 0.15) is 23.6 Å². The number of amides is 1. The Morgan fingerprint density at radius 3 is 2.62 bits per heavy atom. The van der Waals surface area contributed by atoms with Crippen molar-refractivity contribution in [2.24, 2.45) is 0 Å². The Morgan fingerprint density at radius 2 is 2.00 bits per heavy atom. The molecule has 1 amide bonds. The van der Waals surface area contributed by atoms with Gasteiger partial charge in [-0.05, 0) is 55.5 Å². The largest absolute Gasteiger partial charge is 0.481 e. The number of hydrogen-bond donors (Lipinski definition) is 1. The van der Waals surface area contributed by atoms with E-state index in [2.05, 4.69) is 5.32 Å². The summed E-state index contributed by atoms with van der Waals surface area (Å²) in [6.07, 6.45) is -1.02. The van der Waals surface area contributed by atoms with E-state index in [4.69, 9.17) is 26.3 Å². The van der Waals surface area contributed by atoms with E-state index in [9.17, 15) is 9.59 Å². The van der Waals surface area contributed by atoms with Crippen molar-refractivity contribution in [3.05, 3.63) is 45.3 Å². The number of nitrogens with zero attached hydrogens (tertiary/aromatic N) is 1. The molecule has 0 fully saturated rings. The van der Waals surface area contributed by atoms with Crippen molar-refractivity contribution in [3.63, 3.8) is 0 Å². The Bertz CT molecular complexity index is 849. The maximum atomic E-state index is 12.1. The van der Waals surface area contributed by atoms with Gasteiger partial charge < -0.3 is 14.8 Å². The van der Waals surface area contributed by atoms with E-state index in [1.165, 1.54) is 18.3 Å². The van der Waals surface area contributed by atoms with E-state index in [1.807, 2.05) is 19.9 Å². The quantitative estimate of drug-likeness (QED) is 0.754. The molecule has 0 unspecified atom stereocenters. The summed E-state index contributed by atoms with van der Waals surface area (Å²) in [6, 6.07) is 7.04. The molecular formula is C18H17ClN2O4S. The summed E-state index contributed by atoms with van der Waals surface area (Å²) in [4.78, 5) is 24.0. The number of aryl methyl sites for hydroxylation is 2. The maximum Gasteiger partial charge on any atom is 0.344 e. The molecule has 6 nitrogen and oxygen atoms in total. The van der Waals surface area contributed by atoms with E-state index in [-0.39, 0.29) is 6.61 Å². The first-order valence-corrected chi connectivity index (χ1v) is 8.95. The summed E-state index contributed by atoms with van der Waals surface area (Å²) in [5.41, 5.74) is 1.96. The van der Waals surface area contributed by atoms with E-state index < -0.39 is 18.0 Å². The topological polar surface area (TPSA) is 88.4 Å². The lowest BCUT2D eigenvalue weighted by Gasteiger charge is -2.15. The lowest BCUT2D eigenvalue weighted by atomic mass is 10.1. The number of ether oxygens (including phenoxy) is 2. The fourth-order valence-corrected chi connectivity index (χ4v) is 3.32. The number of anilines is 1. The first kappa shape index (κ1) is 19.8. The molecule has 136 valence electrons. The molecule has 0 spiro atoms. The summed E-state index contributed by atoms with van der Waals surface area (Å²) in [6.45, 7) is 4.77. The van der Waals surface area contributed by atoms with Crippen LogP contribution in [0.4, 0.5) is 5.00 Å². The van der Waals surface area contributed by atoms with E-state index in [0.717, 1.165) is 11.1 Å². The van der Waals surface area contributed by atoms with Crippen LogP contribution >= 0.6 is 22.9 Å². The second kappa shape index (κ2) is 8.70. The zero-order valence-electron chi connectivity index (χ0n) is 14.5. The minimum atomic E-state index is -1.02. The zero-order valence-corrected chi connectivity index (χ0v) is 16.0. The number of nitrogens with one attached hydrogen (secondary N) is 1. The van der Waals surface area contributed by atoms with Gasteiger partial charge in [0.1, 0.15) is 16.8 Å². The van der Waals surface area contributed by atoms with Crippen LogP contribution in [0.2, 0.25) is 5.02 Å². The van der Waals surface area contributed by atoms with Crippen LogP contribution in [0.25, 0.3) is 0 Å². The Kier molecular flexibility index (Phi) is 6.61. The molecule has 1 aromatic heterocycles. The van der Waals surface area contributed by atoms with Crippen LogP contribution in [-0.2, 0) is 14.3 Å². The Hall–Kier alpha value is -2.56. The third-order valence-corrected chi connectivity index (χ3v) is 4.51. The molecule has 1 heterocycles. The SMILES string of the molecule is Cc1cc(Cl)cc(C)c1OCC(=O)O[C@H](C)C(=O)Nc1sccc1C#N. The molecule has 0 aliphatic rings. The monoisotopic (exact) mass is 392 g/mol. The predicted molar refractivity (Wildman–Crippen MR) is 99.6 cm³/mol. The van der Waals surface area contributed by atoms with Gasteiger partial charge in [0, 0.05) is 5.02 Å². The van der Waals surface area contributed by atoms with Gasteiger partial charge in [0.15, 0.2) is 12.7 Å². The van der Waals surface area contributed by atoms with Crippen LogP contribution in [0.15, 0.2) is 23.6 Å². The Labute approximate surface area is 160 Å². The minimum Gasteiger partial charge on any atom is -0.481 e. The highest BCUT2D eigenvalue weighted by Crippen LogP contribution is 2.27. The van der Waals surface area contributed by atoms with Gasteiger partial charge >= 0.3 is 5.97 Å². The van der Waals surface area contributed by atoms with Crippen LogP contribution < -0.4 is 10.1 Å². The first-order valence-electron chi connectivity index (χ1n) is 7.69. The third-order valence-electron chi connectivity index (χ3n) is 3.46. The molecule has 0 aliphatic heterocycles. The van der Waals surface area contributed by atoms with Crippen molar-refractivity contribution in [1.82, 2.24) is 0 Å². The van der Waals surface area contributed by atoms with Crippen LogP contribution in [0.3, 0.4) is 0 Å². The number of halogens is 1. The lowest BCUT2D eigenvalue weighted by molar-refractivity contribution is -0.155. The van der Waals surface area contributed by atoms with Gasteiger partial charge in [0.05, 0.1) is 5.56 Å². The van der Waals surface area contributed by atoms with Gasteiger partial charge in [-0.3, -0.25) is 4.79 Å². The van der Waals surface area contributed by atoms with E-state index >= 15 is 0 Å². The van der Waals surface area contributed by atoms with E-state index in [0.29, 0.717) is 21.3 Å². The molecule has 8 heteroatoms. The summed E-state index contributed by atoms with van der Waals surface area (Å²) >= 11 is 7.18. The molecule has 1 N–H and O–H groups in total. The molecule has 2 rings (SSSR count). The third kappa shape index (κ3) is 4.97. The fourth-order valence-electron chi connectivity index (χ4n) is 2.25. The van der Waals surface area contributed by atoms with Gasteiger partial charge in [0.25, 0.3) is 5.91 Å². The van der Waals surface area contributed by atoms with Gasteiger partial charge in [-0.2, -0.15) is 5.26 Å². The number of carbonyl (C=O) groups excluding carboxylic acids is 2. The second-order valence-electron chi connectivity index (χ2n) is 5.55. The van der Waals surface area contributed by atoms with Crippen molar-refractivity contribution in [2.45, 2.75) is 26.9 Å². The summed E-state index contributed by atoms with van der Waals surface area (Å²) in [5.74, 6) is -0.634. The number of thiophene rings is 1. The highest BCUT2D eigenvalue weighted by Gasteiger charge is 2.20. The van der Waals surface area contributed by atoms with Crippen molar-refractivity contribution in [3.8, 4) is 11.8 Å². The van der Waals surface area contributed by atoms with E-state index in [1.54, 1.807) is 23.6 Å².